The minimum atomic E-state index is -0.527. The number of carbonyl (C=O) groups excluding carboxylic acids is 1. The SMILES string of the molecule is Cc1cc(=O)c(C(=O)N2CCCN(Cc3ccc(F)cc3)CC2)nn1-c1ccccc1[N+](=O)[O-]. The lowest BCUT2D eigenvalue weighted by molar-refractivity contribution is -0.384. The van der Waals surface area contributed by atoms with E-state index in [1.165, 1.54) is 35.0 Å². The normalized spacial score (nSPS) is 14.6. The third-order valence-corrected chi connectivity index (χ3v) is 5.81. The van der Waals surface area contributed by atoms with Gasteiger partial charge in [-0.3, -0.25) is 24.6 Å². The van der Waals surface area contributed by atoms with Gasteiger partial charge in [0, 0.05) is 50.6 Å². The van der Waals surface area contributed by atoms with Crippen molar-refractivity contribution >= 4 is 11.6 Å². The van der Waals surface area contributed by atoms with Crippen molar-refractivity contribution in [2.24, 2.45) is 0 Å². The van der Waals surface area contributed by atoms with E-state index in [-0.39, 0.29) is 22.9 Å². The molecule has 2 aromatic carbocycles. The average Bonchev–Trinajstić information content (AvgIpc) is 3.06. The second kappa shape index (κ2) is 9.92. The molecular weight excluding hydrogens is 441 g/mol. The first kappa shape index (κ1) is 23.2. The van der Waals surface area contributed by atoms with Crippen molar-refractivity contribution < 1.29 is 14.1 Å². The Kier molecular flexibility index (Phi) is 6.78. The summed E-state index contributed by atoms with van der Waals surface area (Å²) in [7, 11) is 0. The van der Waals surface area contributed by atoms with Gasteiger partial charge in [-0.05, 0) is 37.1 Å². The lowest BCUT2D eigenvalue weighted by atomic mass is 10.2. The fourth-order valence-electron chi connectivity index (χ4n) is 4.07. The van der Waals surface area contributed by atoms with Crippen LogP contribution in [0.25, 0.3) is 5.69 Å². The maximum absolute atomic E-state index is 13.2. The van der Waals surface area contributed by atoms with Crippen LogP contribution in [0.2, 0.25) is 0 Å². The molecule has 176 valence electrons. The fourth-order valence-corrected chi connectivity index (χ4v) is 4.07. The van der Waals surface area contributed by atoms with E-state index in [2.05, 4.69) is 10.00 Å². The summed E-state index contributed by atoms with van der Waals surface area (Å²) in [6.45, 7) is 4.45. The Morgan fingerprint density at radius 3 is 2.56 bits per heavy atom. The molecule has 0 atom stereocenters. The molecule has 1 aliphatic heterocycles. The quantitative estimate of drug-likeness (QED) is 0.424. The summed E-state index contributed by atoms with van der Waals surface area (Å²) in [5, 5.41) is 15.7. The van der Waals surface area contributed by atoms with Crippen LogP contribution < -0.4 is 5.43 Å². The molecule has 34 heavy (non-hydrogen) atoms. The second-order valence-corrected chi connectivity index (χ2v) is 8.20. The predicted octanol–water partition coefficient (Wildman–Crippen LogP) is 2.94. The molecule has 4 rings (SSSR count). The number of carbonyl (C=O) groups is 1. The highest BCUT2D eigenvalue weighted by molar-refractivity contribution is 5.92. The van der Waals surface area contributed by atoms with Gasteiger partial charge in [-0.1, -0.05) is 24.3 Å². The second-order valence-electron chi connectivity index (χ2n) is 8.20. The van der Waals surface area contributed by atoms with Crippen LogP contribution >= 0.6 is 0 Å². The molecule has 10 heteroatoms. The maximum atomic E-state index is 13.2. The van der Waals surface area contributed by atoms with Gasteiger partial charge in [0.25, 0.3) is 11.6 Å². The fraction of sp³-hybridized carbons (Fsp3) is 0.292. The minimum Gasteiger partial charge on any atom is -0.336 e. The number of hydrogen-bond donors (Lipinski definition) is 0. The summed E-state index contributed by atoms with van der Waals surface area (Å²) in [5.74, 6) is -0.783. The number of para-hydroxylation sites is 2. The molecule has 1 aliphatic rings. The molecule has 0 radical (unpaired) electrons. The molecule has 1 amide bonds. The number of aryl methyl sites for hydroxylation is 1. The Morgan fingerprint density at radius 2 is 1.82 bits per heavy atom. The number of hydrogen-bond acceptors (Lipinski definition) is 6. The molecule has 2 heterocycles. The molecule has 0 unspecified atom stereocenters. The van der Waals surface area contributed by atoms with E-state index in [9.17, 15) is 24.1 Å². The molecule has 1 aromatic heterocycles. The largest absolute Gasteiger partial charge is 0.336 e. The molecule has 1 saturated heterocycles. The Bertz CT molecular complexity index is 1280. The van der Waals surface area contributed by atoms with Crippen LogP contribution in [0.1, 0.15) is 28.2 Å². The van der Waals surface area contributed by atoms with Crippen LogP contribution in [-0.2, 0) is 6.54 Å². The van der Waals surface area contributed by atoms with Crippen LogP contribution in [0.5, 0.6) is 0 Å². The van der Waals surface area contributed by atoms with Crippen LogP contribution in [-0.4, -0.2) is 56.6 Å². The van der Waals surface area contributed by atoms with Crippen LogP contribution in [0, 0.1) is 22.9 Å². The van der Waals surface area contributed by atoms with E-state index in [0.29, 0.717) is 38.3 Å². The molecule has 0 N–H and O–H groups in total. The maximum Gasteiger partial charge on any atom is 0.294 e. The van der Waals surface area contributed by atoms with E-state index >= 15 is 0 Å². The van der Waals surface area contributed by atoms with Gasteiger partial charge in [-0.2, -0.15) is 5.10 Å². The zero-order valence-electron chi connectivity index (χ0n) is 18.7. The first-order valence-corrected chi connectivity index (χ1v) is 10.9. The number of nitro groups is 1. The molecule has 9 nitrogen and oxygen atoms in total. The van der Waals surface area contributed by atoms with Crippen LogP contribution in [0.3, 0.4) is 0 Å². The van der Waals surface area contributed by atoms with Crippen molar-refractivity contribution in [2.75, 3.05) is 26.2 Å². The van der Waals surface area contributed by atoms with Crippen molar-refractivity contribution in [1.29, 1.82) is 0 Å². The van der Waals surface area contributed by atoms with Gasteiger partial charge < -0.3 is 4.90 Å². The lowest BCUT2D eigenvalue weighted by Crippen LogP contribution is -2.38. The van der Waals surface area contributed by atoms with Gasteiger partial charge in [-0.25, -0.2) is 9.07 Å². The van der Waals surface area contributed by atoms with Gasteiger partial charge >= 0.3 is 0 Å². The highest BCUT2D eigenvalue weighted by Gasteiger charge is 2.25. The topological polar surface area (TPSA) is 102 Å². The van der Waals surface area contributed by atoms with E-state index in [1.807, 2.05) is 0 Å². The van der Waals surface area contributed by atoms with Crippen molar-refractivity contribution in [3.05, 3.63) is 97.7 Å². The van der Waals surface area contributed by atoms with Crippen molar-refractivity contribution in [1.82, 2.24) is 19.6 Å². The van der Waals surface area contributed by atoms with Gasteiger partial charge in [0.15, 0.2) is 5.69 Å². The van der Waals surface area contributed by atoms with E-state index in [4.69, 9.17) is 0 Å². The van der Waals surface area contributed by atoms with Gasteiger partial charge in [-0.15, -0.1) is 0 Å². The van der Waals surface area contributed by atoms with Crippen molar-refractivity contribution in [2.45, 2.75) is 19.9 Å². The third kappa shape index (κ3) is 5.01. The molecule has 0 bridgehead atoms. The molecule has 0 saturated carbocycles. The zero-order chi connectivity index (χ0) is 24.2. The number of benzene rings is 2. The van der Waals surface area contributed by atoms with E-state index in [0.717, 1.165) is 12.1 Å². The average molecular weight is 465 g/mol. The number of amides is 1. The smallest absolute Gasteiger partial charge is 0.294 e. The summed E-state index contributed by atoms with van der Waals surface area (Å²) in [6.07, 6.45) is 0.705. The Balaban J connectivity index is 1.55. The molecule has 0 aliphatic carbocycles. The number of nitro benzene ring substituents is 1. The summed E-state index contributed by atoms with van der Waals surface area (Å²) in [5.41, 5.74) is 0.582. The Hall–Kier alpha value is -3.92. The number of halogens is 1. The zero-order valence-corrected chi connectivity index (χ0v) is 18.7. The van der Waals surface area contributed by atoms with Crippen molar-refractivity contribution in [3.63, 3.8) is 0 Å². The standard InChI is InChI=1S/C24H24FN5O4/c1-17-15-22(31)23(26-29(17)20-5-2-3-6-21(20)30(33)34)24(32)28-12-4-11-27(13-14-28)16-18-7-9-19(25)10-8-18/h2-3,5-10,15H,4,11-14,16H2,1H3. The molecular formula is C24H24FN5O4. The monoisotopic (exact) mass is 465 g/mol. The first-order chi connectivity index (χ1) is 16.3. The van der Waals surface area contributed by atoms with Crippen LogP contribution in [0.15, 0.2) is 59.4 Å². The third-order valence-electron chi connectivity index (χ3n) is 5.81. The van der Waals surface area contributed by atoms with Crippen molar-refractivity contribution in [3.8, 4) is 5.69 Å². The number of nitrogens with zero attached hydrogens (tertiary/aromatic N) is 5. The number of aromatic nitrogens is 2. The van der Waals surface area contributed by atoms with Crippen LogP contribution in [0.4, 0.5) is 10.1 Å². The van der Waals surface area contributed by atoms with Gasteiger partial charge in [0.05, 0.1) is 4.92 Å². The van der Waals surface area contributed by atoms with Gasteiger partial charge in [0.1, 0.15) is 11.5 Å². The minimum absolute atomic E-state index is 0.175. The van der Waals surface area contributed by atoms with Gasteiger partial charge in [0.2, 0.25) is 5.43 Å². The van der Waals surface area contributed by atoms with E-state index in [1.54, 1.807) is 36.1 Å². The summed E-state index contributed by atoms with van der Waals surface area (Å²) < 4.78 is 14.4. The summed E-state index contributed by atoms with van der Waals surface area (Å²) >= 11 is 0. The molecule has 3 aromatic rings. The Morgan fingerprint density at radius 1 is 1.09 bits per heavy atom. The number of rotatable bonds is 5. The summed E-state index contributed by atoms with van der Waals surface area (Å²) in [6, 6.07) is 13.7. The first-order valence-electron chi connectivity index (χ1n) is 10.9. The highest BCUT2D eigenvalue weighted by atomic mass is 19.1. The predicted molar refractivity (Wildman–Crippen MR) is 123 cm³/mol. The van der Waals surface area contributed by atoms with E-state index < -0.39 is 16.3 Å². The highest BCUT2D eigenvalue weighted by Crippen LogP contribution is 2.22. The summed E-state index contributed by atoms with van der Waals surface area (Å²) in [4.78, 5) is 40.6. The lowest BCUT2D eigenvalue weighted by Gasteiger charge is -2.22. The molecule has 1 fully saturated rings. The molecule has 0 spiro atoms. The Labute approximate surface area is 195 Å².